The summed E-state index contributed by atoms with van der Waals surface area (Å²) >= 11 is 0. The van der Waals surface area contributed by atoms with Crippen molar-refractivity contribution in [3.8, 4) is 11.5 Å². The second-order valence-electron chi connectivity index (χ2n) is 7.08. The molecule has 0 spiro atoms. The van der Waals surface area contributed by atoms with Gasteiger partial charge in [0.15, 0.2) is 11.8 Å². The monoisotopic (exact) mass is 559 g/mol. The van der Waals surface area contributed by atoms with Gasteiger partial charge in [0.1, 0.15) is 0 Å². The molecule has 0 atom stereocenters. The minimum Gasteiger partial charge on any atom is -0.379 e. The van der Waals surface area contributed by atoms with Crippen molar-refractivity contribution in [3.05, 3.63) is 35.7 Å². The molecule has 0 unspecified atom stereocenters. The Morgan fingerprint density at radius 1 is 1.00 bits per heavy atom. The summed E-state index contributed by atoms with van der Waals surface area (Å²) in [5.41, 5.74) is 2.17. The van der Waals surface area contributed by atoms with Gasteiger partial charge < -0.3 is 24.6 Å². The van der Waals surface area contributed by atoms with E-state index in [1.165, 1.54) is 5.56 Å². The molecule has 1 aromatic heterocycles. The van der Waals surface area contributed by atoms with E-state index in [0.29, 0.717) is 32.3 Å². The number of unbranched alkanes of at least 4 members (excludes halogenated alkanes) is 1. The van der Waals surface area contributed by atoms with E-state index in [1.54, 1.807) is 0 Å². The molecule has 1 aromatic carbocycles. The number of nitrogens with zero attached hydrogens (tertiary/aromatic N) is 3. The van der Waals surface area contributed by atoms with Crippen LogP contribution >= 0.6 is 24.0 Å². The van der Waals surface area contributed by atoms with Gasteiger partial charge in [-0.25, -0.2) is 0 Å². The Morgan fingerprint density at radius 3 is 2.41 bits per heavy atom. The lowest BCUT2D eigenvalue weighted by atomic mass is 10.1. The molecule has 0 aliphatic rings. The van der Waals surface area contributed by atoms with Crippen LogP contribution in [0.5, 0.6) is 0 Å². The number of halogens is 1. The van der Waals surface area contributed by atoms with Crippen molar-refractivity contribution in [1.82, 2.24) is 20.8 Å². The van der Waals surface area contributed by atoms with Gasteiger partial charge in [0.05, 0.1) is 26.4 Å². The number of aryl methyl sites for hydroxylation is 1. The van der Waals surface area contributed by atoms with Crippen LogP contribution in [0.1, 0.15) is 45.0 Å². The fourth-order valence-corrected chi connectivity index (χ4v) is 2.79. The van der Waals surface area contributed by atoms with E-state index in [-0.39, 0.29) is 24.0 Å². The molecule has 32 heavy (non-hydrogen) atoms. The van der Waals surface area contributed by atoms with Crippen molar-refractivity contribution in [2.75, 3.05) is 46.1 Å². The molecule has 0 saturated carbocycles. The van der Waals surface area contributed by atoms with Gasteiger partial charge >= 0.3 is 0 Å². The van der Waals surface area contributed by atoms with Crippen LogP contribution in [0.4, 0.5) is 0 Å². The highest BCUT2D eigenvalue weighted by molar-refractivity contribution is 14.0. The summed E-state index contributed by atoms with van der Waals surface area (Å²) in [7, 11) is 0. The van der Waals surface area contributed by atoms with Gasteiger partial charge in [0.25, 0.3) is 5.89 Å². The van der Waals surface area contributed by atoms with Crippen LogP contribution in [0.25, 0.3) is 11.5 Å². The number of aliphatic imine (C=N–C) groups is 1. The zero-order valence-corrected chi connectivity index (χ0v) is 21.9. The lowest BCUT2D eigenvalue weighted by Gasteiger charge is -2.11. The minimum absolute atomic E-state index is 0. The van der Waals surface area contributed by atoms with E-state index in [4.69, 9.17) is 14.0 Å². The second-order valence-corrected chi connectivity index (χ2v) is 7.08. The molecule has 0 aliphatic carbocycles. The van der Waals surface area contributed by atoms with E-state index in [1.807, 2.05) is 19.1 Å². The molecule has 9 heteroatoms. The Bertz CT molecular complexity index is 752. The fourth-order valence-electron chi connectivity index (χ4n) is 2.79. The van der Waals surface area contributed by atoms with Gasteiger partial charge in [0, 0.05) is 31.7 Å². The number of ether oxygens (including phenoxy) is 2. The quantitative estimate of drug-likeness (QED) is 0.148. The largest absolute Gasteiger partial charge is 0.379 e. The first-order chi connectivity index (χ1) is 15.3. The number of hydrogen-bond donors (Lipinski definition) is 2. The molecule has 180 valence electrons. The van der Waals surface area contributed by atoms with Gasteiger partial charge in [-0.05, 0) is 37.5 Å². The number of aromatic nitrogens is 2. The Hall–Kier alpha value is -1.72. The van der Waals surface area contributed by atoms with Gasteiger partial charge in [-0.3, -0.25) is 4.99 Å². The average molecular weight is 559 g/mol. The van der Waals surface area contributed by atoms with Gasteiger partial charge in [-0.2, -0.15) is 4.98 Å². The van der Waals surface area contributed by atoms with E-state index >= 15 is 0 Å². The summed E-state index contributed by atoms with van der Waals surface area (Å²) in [6.45, 7) is 11.1. The summed E-state index contributed by atoms with van der Waals surface area (Å²) in [6.07, 6.45) is 3.91. The lowest BCUT2D eigenvalue weighted by molar-refractivity contribution is 0.0497. The first-order valence-corrected chi connectivity index (χ1v) is 11.4. The third kappa shape index (κ3) is 11.2. The predicted octanol–water partition coefficient (Wildman–Crippen LogP) is 3.85. The summed E-state index contributed by atoms with van der Waals surface area (Å²) in [5, 5.41) is 10.6. The second kappa shape index (κ2) is 17.8. The molecule has 2 aromatic rings. The van der Waals surface area contributed by atoms with E-state index in [9.17, 15) is 0 Å². The number of benzene rings is 1. The SMILES string of the molecule is CCCCOCCOCCN=C(NCC)NCCc1ccc(-c2nc(CC)no2)cc1.I. The van der Waals surface area contributed by atoms with Gasteiger partial charge in [0.2, 0.25) is 0 Å². The summed E-state index contributed by atoms with van der Waals surface area (Å²) in [5.74, 6) is 2.10. The van der Waals surface area contributed by atoms with Crippen LogP contribution < -0.4 is 10.6 Å². The maximum Gasteiger partial charge on any atom is 0.257 e. The molecule has 0 amide bonds. The highest BCUT2D eigenvalue weighted by atomic mass is 127. The highest BCUT2D eigenvalue weighted by Gasteiger charge is 2.07. The van der Waals surface area contributed by atoms with E-state index in [0.717, 1.165) is 62.7 Å². The van der Waals surface area contributed by atoms with Crippen LogP contribution in [-0.4, -0.2) is 62.2 Å². The Balaban J connectivity index is 0.00000512. The maximum atomic E-state index is 5.57. The van der Waals surface area contributed by atoms with Crippen molar-refractivity contribution in [2.24, 2.45) is 4.99 Å². The van der Waals surface area contributed by atoms with Crippen LogP contribution in [0.3, 0.4) is 0 Å². The third-order valence-corrected chi connectivity index (χ3v) is 4.56. The van der Waals surface area contributed by atoms with E-state index < -0.39 is 0 Å². The standard InChI is InChI=1S/C23H37N5O3.HI/c1-4-7-15-29-17-18-30-16-14-26-23(24-6-3)25-13-12-19-8-10-20(11-9-19)22-27-21(5-2)28-31-22;/h8-11H,4-7,12-18H2,1-3H3,(H2,24,25,26);1H. The molecule has 0 aliphatic heterocycles. The molecule has 2 rings (SSSR count). The molecule has 0 saturated heterocycles. The molecule has 0 fully saturated rings. The topological polar surface area (TPSA) is 93.8 Å². The first-order valence-electron chi connectivity index (χ1n) is 11.4. The zero-order valence-electron chi connectivity index (χ0n) is 19.6. The lowest BCUT2D eigenvalue weighted by Crippen LogP contribution is -2.38. The van der Waals surface area contributed by atoms with Crippen molar-refractivity contribution in [1.29, 1.82) is 0 Å². The predicted molar refractivity (Wildman–Crippen MR) is 139 cm³/mol. The number of hydrogen-bond acceptors (Lipinski definition) is 6. The molecule has 1 heterocycles. The van der Waals surface area contributed by atoms with Crippen molar-refractivity contribution < 1.29 is 14.0 Å². The van der Waals surface area contributed by atoms with Crippen molar-refractivity contribution >= 4 is 29.9 Å². The average Bonchev–Trinajstić information content (AvgIpc) is 3.28. The number of guanidine groups is 1. The van der Waals surface area contributed by atoms with Crippen molar-refractivity contribution in [2.45, 2.75) is 46.5 Å². The summed E-state index contributed by atoms with van der Waals surface area (Å²) < 4.78 is 16.3. The molecule has 0 bridgehead atoms. The van der Waals surface area contributed by atoms with E-state index in [2.05, 4.69) is 51.7 Å². The maximum absolute atomic E-state index is 5.57. The molecular weight excluding hydrogens is 521 g/mol. The van der Waals surface area contributed by atoms with Crippen LogP contribution in [0.15, 0.2) is 33.8 Å². The highest BCUT2D eigenvalue weighted by Crippen LogP contribution is 2.18. The normalized spacial score (nSPS) is 11.3. The van der Waals surface area contributed by atoms with Gasteiger partial charge in [-0.15, -0.1) is 24.0 Å². The summed E-state index contributed by atoms with van der Waals surface area (Å²) in [6, 6.07) is 8.22. The smallest absolute Gasteiger partial charge is 0.257 e. The van der Waals surface area contributed by atoms with Crippen LogP contribution in [0.2, 0.25) is 0 Å². The van der Waals surface area contributed by atoms with Crippen LogP contribution in [0, 0.1) is 0 Å². The van der Waals surface area contributed by atoms with Crippen LogP contribution in [-0.2, 0) is 22.3 Å². The third-order valence-electron chi connectivity index (χ3n) is 4.56. The first kappa shape index (κ1) is 28.3. The Morgan fingerprint density at radius 2 is 1.75 bits per heavy atom. The minimum atomic E-state index is 0. The van der Waals surface area contributed by atoms with Crippen molar-refractivity contribution in [3.63, 3.8) is 0 Å². The number of rotatable bonds is 15. The molecule has 2 N–H and O–H groups in total. The number of nitrogens with one attached hydrogen (secondary N) is 2. The zero-order chi connectivity index (χ0) is 22.2. The molecular formula is C23H38IN5O3. The Labute approximate surface area is 209 Å². The van der Waals surface area contributed by atoms with Gasteiger partial charge in [-0.1, -0.05) is 37.6 Å². The fraction of sp³-hybridized carbons (Fsp3) is 0.609. The molecule has 8 nitrogen and oxygen atoms in total. The summed E-state index contributed by atoms with van der Waals surface area (Å²) in [4.78, 5) is 8.92. The Kier molecular flexibility index (Phi) is 15.7. The molecule has 0 radical (unpaired) electrons.